The number of carbonyl (C=O) groups excluding carboxylic acids is 1. The van der Waals surface area contributed by atoms with Gasteiger partial charge >= 0.3 is 5.97 Å². The number of allylic oxidation sites excluding steroid dienone is 8. The molecule has 0 bridgehead atoms. The number of aliphatic carboxylic acids is 1. The molecule has 142 valence electrons. The minimum Gasteiger partial charge on any atom is -0.481 e. The lowest BCUT2D eigenvalue weighted by Gasteiger charge is -2.12. The van der Waals surface area contributed by atoms with Gasteiger partial charge in [0.15, 0.2) is 5.78 Å². The molecular formula is C22H30O4. The van der Waals surface area contributed by atoms with Gasteiger partial charge in [-0.05, 0) is 38.2 Å². The van der Waals surface area contributed by atoms with E-state index in [1.165, 1.54) is 0 Å². The lowest BCUT2D eigenvalue weighted by atomic mass is 9.91. The first-order chi connectivity index (χ1) is 12.5. The van der Waals surface area contributed by atoms with Crippen molar-refractivity contribution in [2.24, 2.45) is 11.8 Å². The molecule has 0 amide bonds. The summed E-state index contributed by atoms with van der Waals surface area (Å²) in [5.41, 5.74) is 0. The van der Waals surface area contributed by atoms with Gasteiger partial charge in [0, 0.05) is 18.3 Å². The summed E-state index contributed by atoms with van der Waals surface area (Å²) in [4.78, 5) is 22.0. The maximum Gasteiger partial charge on any atom is 0.303 e. The lowest BCUT2D eigenvalue weighted by molar-refractivity contribution is -0.136. The van der Waals surface area contributed by atoms with Gasteiger partial charge in [0.1, 0.15) is 0 Å². The highest BCUT2D eigenvalue weighted by Crippen LogP contribution is 2.26. The van der Waals surface area contributed by atoms with Gasteiger partial charge in [-0.3, -0.25) is 9.59 Å². The first kappa shape index (κ1) is 21.8. The number of ketones is 1. The smallest absolute Gasteiger partial charge is 0.303 e. The molecule has 26 heavy (non-hydrogen) atoms. The van der Waals surface area contributed by atoms with Crippen LogP contribution in [0.4, 0.5) is 0 Å². The van der Waals surface area contributed by atoms with Gasteiger partial charge in [-0.1, -0.05) is 61.6 Å². The number of aliphatic hydroxyl groups excluding tert-OH is 1. The summed E-state index contributed by atoms with van der Waals surface area (Å²) in [5.74, 6) is -0.458. The SMILES string of the molecule is CC[C@@H]1C(=O)C=C[C@H]1/C=C/[C@@H](O)C/C=C\C/C=C\C/C=C\CCC(=O)O. The van der Waals surface area contributed by atoms with Crippen molar-refractivity contribution in [2.75, 3.05) is 0 Å². The third kappa shape index (κ3) is 9.33. The summed E-state index contributed by atoms with van der Waals surface area (Å²) in [6, 6.07) is 0. The number of carboxylic acids is 1. The summed E-state index contributed by atoms with van der Waals surface area (Å²) in [7, 11) is 0. The summed E-state index contributed by atoms with van der Waals surface area (Å²) < 4.78 is 0. The Morgan fingerprint density at radius 2 is 1.81 bits per heavy atom. The van der Waals surface area contributed by atoms with Crippen LogP contribution >= 0.6 is 0 Å². The maximum atomic E-state index is 11.6. The van der Waals surface area contributed by atoms with Crippen molar-refractivity contribution in [3.05, 3.63) is 60.8 Å². The minimum atomic E-state index is -0.772. The first-order valence-corrected chi connectivity index (χ1v) is 9.29. The Bertz CT molecular complexity index is 581. The van der Waals surface area contributed by atoms with E-state index in [-0.39, 0.29) is 24.0 Å². The topological polar surface area (TPSA) is 74.6 Å². The highest BCUT2D eigenvalue weighted by atomic mass is 16.4. The molecule has 0 radical (unpaired) electrons. The van der Waals surface area contributed by atoms with Gasteiger partial charge in [0.25, 0.3) is 0 Å². The summed E-state index contributed by atoms with van der Waals surface area (Å²) >= 11 is 0. The maximum absolute atomic E-state index is 11.6. The van der Waals surface area contributed by atoms with Crippen molar-refractivity contribution in [1.82, 2.24) is 0 Å². The quantitative estimate of drug-likeness (QED) is 0.507. The molecule has 0 aliphatic heterocycles. The minimum absolute atomic E-state index is 0.0253. The van der Waals surface area contributed by atoms with E-state index in [9.17, 15) is 14.7 Å². The van der Waals surface area contributed by atoms with Crippen molar-refractivity contribution < 1.29 is 19.8 Å². The largest absolute Gasteiger partial charge is 0.481 e. The Balaban J connectivity index is 2.16. The molecule has 0 saturated heterocycles. The molecule has 3 atom stereocenters. The average Bonchev–Trinajstić information content (AvgIpc) is 2.97. The van der Waals surface area contributed by atoms with Crippen LogP contribution in [0.2, 0.25) is 0 Å². The fourth-order valence-electron chi connectivity index (χ4n) is 2.76. The van der Waals surface area contributed by atoms with Gasteiger partial charge in [0.2, 0.25) is 0 Å². The zero-order chi connectivity index (χ0) is 19.2. The van der Waals surface area contributed by atoms with Crippen molar-refractivity contribution in [3.63, 3.8) is 0 Å². The van der Waals surface area contributed by atoms with Gasteiger partial charge in [0.05, 0.1) is 6.10 Å². The van der Waals surface area contributed by atoms with Crippen LogP contribution in [-0.2, 0) is 9.59 Å². The number of hydrogen-bond donors (Lipinski definition) is 2. The second-order valence-electron chi connectivity index (χ2n) is 6.36. The Labute approximate surface area is 156 Å². The number of carboxylic acid groups (broad SMARTS) is 1. The molecule has 0 spiro atoms. The average molecular weight is 358 g/mol. The van der Waals surface area contributed by atoms with Gasteiger partial charge in [-0.2, -0.15) is 0 Å². The summed E-state index contributed by atoms with van der Waals surface area (Å²) in [6.45, 7) is 2.01. The Kier molecular flexibility index (Phi) is 11.0. The van der Waals surface area contributed by atoms with Crippen LogP contribution in [0.1, 0.15) is 45.4 Å². The normalized spacial score (nSPS) is 21.8. The third-order valence-corrected chi connectivity index (χ3v) is 4.25. The van der Waals surface area contributed by atoms with Crippen LogP contribution in [-0.4, -0.2) is 28.1 Å². The molecule has 1 aliphatic rings. The van der Waals surface area contributed by atoms with Crippen LogP contribution in [0.25, 0.3) is 0 Å². The van der Waals surface area contributed by atoms with E-state index in [0.29, 0.717) is 12.8 Å². The molecule has 0 heterocycles. The first-order valence-electron chi connectivity index (χ1n) is 9.29. The van der Waals surface area contributed by atoms with Crippen LogP contribution in [0.15, 0.2) is 60.8 Å². The van der Waals surface area contributed by atoms with E-state index < -0.39 is 12.1 Å². The van der Waals surface area contributed by atoms with E-state index in [1.54, 1.807) is 12.2 Å². The molecule has 4 nitrogen and oxygen atoms in total. The van der Waals surface area contributed by atoms with Gasteiger partial charge < -0.3 is 10.2 Å². The molecule has 0 aromatic carbocycles. The molecule has 1 aliphatic carbocycles. The number of carbonyl (C=O) groups is 2. The van der Waals surface area contributed by atoms with Crippen molar-refractivity contribution >= 4 is 11.8 Å². The van der Waals surface area contributed by atoms with E-state index in [4.69, 9.17) is 5.11 Å². The predicted molar refractivity (Wildman–Crippen MR) is 105 cm³/mol. The second-order valence-corrected chi connectivity index (χ2v) is 6.36. The molecule has 0 fully saturated rings. The van der Waals surface area contributed by atoms with Gasteiger partial charge in [-0.25, -0.2) is 0 Å². The molecule has 4 heteroatoms. The van der Waals surface area contributed by atoms with E-state index in [0.717, 1.165) is 19.3 Å². The monoisotopic (exact) mass is 358 g/mol. The molecule has 1 rings (SSSR count). The number of hydrogen-bond acceptors (Lipinski definition) is 3. The number of aliphatic hydroxyl groups is 1. The molecular weight excluding hydrogens is 328 g/mol. The van der Waals surface area contributed by atoms with Crippen molar-refractivity contribution in [3.8, 4) is 0 Å². The lowest BCUT2D eigenvalue weighted by Crippen LogP contribution is -2.13. The van der Waals surface area contributed by atoms with Crippen LogP contribution in [0, 0.1) is 11.8 Å². The zero-order valence-corrected chi connectivity index (χ0v) is 15.5. The summed E-state index contributed by atoms with van der Waals surface area (Å²) in [6.07, 6.45) is 22.3. The van der Waals surface area contributed by atoms with Crippen LogP contribution in [0.5, 0.6) is 0 Å². The van der Waals surface area contributed by atoms with E-state index >= 15 is 0 Å². The molecule has 0 saturated carbocycles. The molecule has 0 unspecified atom stereocenters. The van der Waals surface area contributed by atoms with Crippen LogP contribution in [0.3, 0.4) is 0 Å². The second kappa shape index (κ2) is 13.1. The van der Waals surface area contributed by atoms with Crippen molar-refractivity contribution in [2.45, 2.75) is 51.6 Å². The highest BCUT2D eigenvalue weighted by molar-refractivity contribution is 5.94. The van der Waals surface area contributed by atoms with Gasteiger partial charge in [-0.15, -0.1) is 0 Å². The standard InChI is InChI=1S/C22H30O4/c1-2-20-18(15-17-21(20)24)14-16-19(23)12-10-8-6-4-3-5-7-9-11-13-22(25)26/h3-4,7-10,14-20,23H,2,5-6,11-13H2,1H3,(H,25,26)/b4-3-,9-7-,10-8-,16-14+/t18-,19+,20+/m1/s1. The Hall–Kier alpha value is -2.20. The zero-order valence-electron chi connectivity index (χ0n) is 15.5. The number of rotatable bonds is 12. The van der Waals surface area contributed by atoms with Crippen LogP contribution < -0.4 is 0 Å². The Morgan fingerprint density at radius 3 is 2.46 bits per heavy atom. The van der Waals surface area contributed by atoms with E-state index in [2.05, 4.69) is 0 Å². The molecule has 2 N–H and O–H groups in total. The predicted octanol–water partition coefficient (Wildman–Crippen LogP) is 4.39. The fraction of sp³-hybridized carbons (Fsp3) is 0.455. The Morgan fingerprint density at radius 1 is 1.15 bits per heavy atom. The van der Waals surface area contributed by atoms with Crippen molar-refractivity contribution in [1.29, 1.82) is 0 Å². The molecule has 0 aromatic rings. The third-order valence-electron chi connectivity index (χ3n) is 4.25. The fourth-order valence-corrected chi connectivity index (χ4v) is 2.76. The van der Waals surface area contributed by atoms with E-state index in [1.807, 2.05) is 55.5 Å². The highest BCUT2D eigenvalue weighted by Gasteiger charge is 2.26. The summed E-state index contributed by atoms with van der Waals surface area (Å²) in [5, 5.41) is 18.5. The molecule has 0 aromatic heterocycles.